The molecule has 1 aromatic rings. The van der Waals surface area contributed by atoms with Crippen LogP contribution in [0.4, 0.5) is 17.6 Å². The summed E-state index contributed by atoms with van der Waals surface area (Å²) in [5.74, 6) is -1.81. The Balaban J connectivity index is 2.95. The van der Waals surface area contributed by atoms with Crippen molar-refractivity contribution in [2.45, 2.75) is 45.0 Å². The van der Waals surface area contributed by atoms with E-state index >= 15 is 0 Å². The molecule has 1 rings (SSSR count). The zero-order valence-electron chi connectivity index (χ0n) is 11.9. The smallest absolute Gasteiger partial charge is 0.416 e. The highest BCUT2D eigenvalue weighted by Crippen LogP contribution is 2.33. The Labute approximate surface area is 120 Å². The van der Waals surface area contributed by atoms with Gasteiger partial charge in [-0.2, -0.15) is 13.2 Å². The third-order valence-corrected chi connectivity index (χ3v) is 2.53. The fourth-order valence-corrected chi connectivity index (χ4v) is 1.69. The average Bonchev–Trinajstić information content (AvgIpc) is 2.27. The molecule has 21 heavy (non-hydrogen) atoms. The number of carbonyl (C=O) groups is 1. The molecule has 3 nitrogen and oxygen atoms in total. The maximum absolute atomic E-state index is 13.0. The summed E-state index contributed by atoms with van der Waals surface area (Å²) < 4.78 is 56.5. The second-order valence-electron chi connectivity index (χ2n) is 5.64. The first-order valence-corrected chi connectivity index (χ1v) is 6.24. The van der Waals surface area contributed by atoms with E-state index in [4.69, 9.17) is 10.5 Å². The van der Waals surface area contributed by atoms with Crippen LogP contribution in [0.1, 0.15) is 31.9 Å². The first-order chi connectivity index (χ1) is 9.40. The van der Waals surface area contributed by atoms with E-state index < -0.39 is 35.2 Å². The Kier molecular flexibility index (Phi) is 4.99. The molecular formula is C14H17F4NO2. The maximum atomic E-state index is 13.0. The first kappa shape index (κ1) is 17.4. The van der Waals surface area contributed by atoms with Gasteiger partial charge in [-0.25, -0.2) is 4.39 Å². The SMILES string of the molecule is CC(C)(C)OC(=O)[C@@H](N)Cc1ccc(F)cc1C(F)(F)F. The maximum Gasteiger partial charge on any atom is 0.416 e. The van der Waals surface area contributed by atoms with Crippen LogP contribution in [0.3, 0.4) is 0 Å². The van der Waals surface area contributed by atoms with Crippen molar-refractivity contribution >= 4 is 5.97 Å². The number of halogens is 4. The number of benzene rings is 1. The van der Waals surface area contributed by atoms with Gasteiger partial charge in [0.1, 0.15) is 17.5 Å². The number of esters is 1. The number of carbonyl (C=O) groups excluding carboxylic acids is 1. The van der Waals surface area contributed by atoms with E-state index in [9.17, 15) is 22.4 Å². The third-order valence-electron chi connectivity index (χ3n) is 2.53. The molecule has 1 atom stereocenters. The number of hydrogen-bond acceptors (Lipinski definition) is 3. The number of nitrogens with two attached hydrogens (primary N) is 1. The molecule has 118 valence electrons. The van der Waals surface area contributed by atoms with E-state index in [-0.39, 0.29) is 12.0 Å². The molecule has 0 aliphatic heterocycles. The van der Waals surface area contributed by atoms with Crippen LogP contribution in [0, 0.1) is 5.82 Å². The van der Waals surface area contributed by atoms with Crippen LogP contribution < -0.4 is 5.73 Å². The van der Waals surface area contributed by atoms with E-state index in [0.29, 0.717) is 6.07 Å². The summed E-state index contributed by atoms with van der Waals surface area (Å²) in [6.07, 6.45) is -5.10. The lowest BCUT2D eigenvalue weighted by Crippen LogP contribution is -2.39. The minimum atomic E-state index is -4.72. The van der Waals surface area contributed by atoms with Gasteiger partial charge < -0.3 is 10.5 Å². The Morgan fingerprint density at radius 1 is 1.29 bits per heavy atom. The average molecular weight is 307 g/mol. The molecule has 0 amide bonds. The summed E-state index contributed by atoms with van der Waals surface area (Å²) in [6.45, 7) is 4.87. The van der Waals surface area contributed by atoms with Gasteiger partial charge in [-0.05, 0) is 44.9 Å². The van der Waals surface area contributed by atoms with Crippen LogP contribution in [0.25, 0.3) is 0 Å². The number of rotatable bonds is 3. The van der Waals surface area contributed by atoms with Crippen LogP contribution in [-0.2, 0) is 22.1 Å². The molecule has 2 N–H and O–H groups in total. The predicted molar refractivity (Wildman–Crippen MR) is 68.9 cm³/mol. The van der Waals surface area contributed by atoms with Gasteiger partial charge in [0, 0.05) is 0 Å². The normalized spacial score (nSPS) is 13.9. The Morgan fingerprint density at radius 3 is 2.33 bits per heavy atom. The summed E-state index contributed by atoms with van der Waals surface area (Å²) in [4.78, 5) is 11.7. The second kappa shape index (κ2) is 6.01. The number of hydrogen-bond donors (Lipinski definition) is 1. The third kappa shape index (κ3) is 5.34. The lowest BCUT2D eigenvalue weighted by Gasteiger charge is -2.23. The van der Waals surface area contributed by atoms with Crippen LogP contribution >= 0.6 is 0 Å². The van der Waals surface area contributed by atoms with E-state index in [0.717, 1.165) is 12.1 Å². The van der Waals surface area contributed by atoms with Gasteiger partial charge in [0.2, 0.25) is 0 Å². The molecule has 0 saturated heterocycles. The molecule has 0 heterocycles. The minimum absolute atomic E-state index is 0.248. The van der Waals surface area contributed by atoms with Crippen LogP contribution in [0.5, 0.6) is 0 Å². The Hall–Kier alpha value is -1.63. The van der Waals surface area contributed by atoms with Gasteiger partial charge in [-0.1, -0.05) is 6.07 Å². The molecule has 1 aromatic carbocycles. The van der Waals surface area contributed by atoms with Crippen molar-refractivity contribution in [1.29, 1.82) is 0 Å². The molecule has 0 spiro atoms. The molecule has 0 bridgehead atoms. The molecule has 0 aliphatic rings. The summed E-state index contributed by atoms with van der Waals surface area (Å²) >= 11 is 0. The molecular weight excluding hydrogens is 290 g/mol. The summed E-state index contributed by atoms with van der Waals surface area (Å²) in [5.41, 5.74) is 3.40. The molecule has 0 saturated carbocycles. The highest BCUT2D eigenvalue weighted by molar-refractivity contribution is 5.76. The van der Waals surface area contributed by atoms with Crippen molar-refractivity contribution in [3.8, 4) is 0 Å². The molecule has 0 fully saturated rings. The van der Waals surface area contributed by atoms with Crippen molar-refractivity contribution in [1.82, 2.24) is 0 Å². The standard InChI is InChI=1S/C14H17F4NO2/c1-13(2,3)21-12(20)11(19)6-8-4-5-9(15)7-10(8)14(16,17)18/h4-5,7,11H,6,19H2,1-3H3/t11-/m0/s1. The summed E-state index contributed by atoms with van der Waals surface area (Å²) in [7, 11) is 0. The predicted octanol–water partition coefficient (Wildman–Crippen LogP) is 3.06. The van der Waals surface area contributed by atoms with Gasteiger partial charge in [-0.15, -0.1) is 0 Å². The van der Waals surface area contributed by atoms with Crippen molar-refractivity contribution in [2.75, 3.05) is 0 Å². The number of alkyl halides is 3. The van der Waals surface area contributed by atoms with E-state index in [2.05, 4.69) is 0 Å². The molecule has 7 heteroatoms. The minimum Gasteiger partial charge on any atom is -0.459 e. The van der Waals surface area contributed by atoms with Crippen molar-refractivity contribution < 1.29 is 27.1 Å². The first-order valence-electron chi connectivity index (χ1n) is 6.24. The van der Waals surface area contributed by atoms with Crippen molar-refractivity contribution in [3.05, 3.63) is 35.1 Å². The van der Waals surface area contributed by atoms with Crippen LogP contribution in [-0.4, -0.2) is 17.6 Å². The van der Waals surface area contributed by atoms with E-state index in [1.165, 1.54) is 0 Å². The van der Waals surface area contributed by atoms with Gasteiger partial charge in [0.15, 0.2) is 0 Å². The molecule has 0 radical (unpaired) electrons. The fraction of sp³-hybridized carbons (Fsp3) is 0.500. The quantitative estimate of drug-likeness (QED) is 0.690. The largest absolute Gasteiger partial charge is 0.459 e. The summed E-state index contributed by atoms with van der Waals surface area (Å²) in [5, 5.41) is 0. The molecule has 0 aliphatic carbocycles. The summed E-state index contributed by atoms with van der Waals surface area (Å²) in [6, 6.07) is 1.00. The fourth-order valence-electron chi connectivity index (χ4n) is 1.69. The van der Waals surface area contributed by atoms with Crippen molar-refractivity contribution in [3.63, 3.8) is 0 Å². The Morgan fingerprint density at radius 2 is 1.86 bits per heavy atom. The monoisotopic (exact) mass is 307 g/mol. The van der Waals surface area contributed by atoms with E-state index in [1.807, 2.05) is 0 Å². The van der Waals surface area contributed by atoms with Crippen LogP contribution in [0.15, 0.2) is 18.2 Å². The lowest BCUT2D eigenvalue weighted by molar-refractivity contribution is -0.156. The zero-order valence-corrected chi connectivity index (χ0v) is 11.9. The number of ether oxygens (including phenoxy) is 1. The molecule has 0 aromatic heterocycles. The second-order valence-corrected chi connectivity index (χ2v) is 5.64. The highest BCUT2D eigenvalue weighted by Gasteiger charge is 2.35. The van der Waals surface area contributed by atoms with Gasteiger partial charge >= 0.3 is 12.1 Å². The lowest BCUT2D eigenvalue weighted by atomic mass is 10.00. The van der Waals surface area contributed by atoms with Crippen LogP contribution in [0.2, 0.25) is 0 Å². The van der Waals surface area contributed by atoms with E-state index in [1.54, 1.807) is 20.8 Å². The van der Waals surface area contributed by atoms with Gasteiger partial charge in [0.25, 0.3) is 0 Å². The highest BCUT2D eigenvalue weighted by atomic mass is 19.4. The topological polar surface area (TPSA) is 52.3 Å². The Bertz CT molecular complexity index is 521. The zero-order chi connectivity index (χ0) is 16.4. The molecule has 0 unspecified atom stereocenters. The van der Waals surface area contributed by atoms with Gasteiger partial charge in [0.05, 0.1) is 5.56 Å². The van der Waals surface area contributed by atoms with Gasteiger partial charge in [-0.3, -0.25) is 4.79 Å². The van der Waals surface area contributed by atoms with Crippen molar-refractivity contribution in [2.24, 2.45) is 5.73 Å².